The van der Waals surface area contributed by atoms with Crippen LogP contribution in [0.25, 0.3) is 10.2 Å². The van der Waals surface area contributed by atoms with Crippen molar-refractivity contribution in [3.63, 3.8) is 0 Å². The molecule has 0 N–H and O–H groups in total. The van der Waals surface area contributed by atoms with E-state index in [1.165, 1.54) is 11.3 Å². The Kier molecular flexibility index (Phi) is 5.79. The molecule has 7 heteroatoms. The van der Waals surface area contributed by atoms with E-state index in [1.54, 1.807) is 16.7 Å². The summed E-state index contributed by atoms with van der Waals surface area (Å²) in [4.78, 5) is 34.7. The molecule has 1 unspecified atom stereocenters. The summed E-state index contributed by atoms with van der Waals surface area (Å²) in [7, 11) is 0. The van der Waals surface area contributed by atoms with E-state index >= 15 is 0 Å². The summed E-state index contributed by atoms with van der Waals surface area (Å²) in [6.45, 7) is 6.02. The highest BCUT2D eigenvalue weighted by molar-refractivity contribution is 7.22. The van der Waals surface area contributed by atoms with Crippen LogP contribution in [0.5, 0.6) is 5.75 Å². The van der Waals surface area contributed by atoms with Crippen molar-refractivity contribution >= 4 is 49.9 Å². The van der Waals surface area contributed by atoms with E-state index in [-0.39, 0.29) is 24.8 Å². The standard InChI is InChI=1S/C27H25N3O3S/c1-17-14-18(2)16-20(15-17)30(27-28-21-8-4-7-11-24(21)34-27)25(31)12-13-29-22-9-5-6-10-23(22)33-19(3)26(29)32/h4-11,14-16,19H,12-13H2,1-3H3. The first-order chi connectivity index (χ1) is 16.4. The van der Waals surface area contributed by atoms with E-state index in [2.05, 4.69) is 6.07 Å². The molecule has 5 rings (SSSR count). The van der Waals surface area contributed by atoms with Crippen LogP contribution in [0.15, 0.2) is 66.7 Å². The molecule has 0 spiro atoms. The third-order valence-corrected chi connectivity index (χ3v) is 6.83. The number of rotatable bonds is 5. The van der Waals surface area contributed by atoms with Gasteiger partial charge in [-0.1, -0.05) is 41.7 Å². The van der Waals surface area contributed by atoms with Crippen LogP contribution in [0.2, 0.25) is 0 Å². The number of nitrogens with zero attached hydrogens (tertiary/aromatic N) is 3. The van der Waals surface area contributed by atoms with Crippen molar-refractivity contribution in [2.45, 2.75) is 33.3 Å². The Morgan fingerprint density at radius 3 is 2.53 bits per heavy atom. The molecule has 0 bridgehead atoms. The fourth-order valence-corrected chi connectivity index (χ4v) is 5.31. The normalized spacial score (nSPS) is 15.2. The Labute approximate surface area is 202 Å². The molecule has 1 aliphatic heterocycles. The molecule has 2 amide bonds. The second-order valence-electron chi connectivity index (χ2n) is 8.51. The molecule has 1 aliphatic rings. The van der Waals surface area contributed by atoms with Gasteiger partial charge in [0, 0.05) is 13.0 Å². The molecule has 0 saturated heterocycles. The average molecular weight is 472 g/mol. The number of ether oxygens (including phenoxy) is 1. The highest BCUT2D eigenvalue weighted by atomic mass is 32.1. The molecule has 0 radical (unpaired) electrons. The minimum Gasteiger partial charge on any atom is -0.479 e. The predicted octanol–water partition coefficient (Wildman–Crippen LogP) is 5.78. The van der Waals surface area contributed by atoms with Crippen LogP contribution in [0.3, 0.4) is 0 Å². The van der Waals surface area contributed by atoms with E-state index in [1.807, 2.05) is 74.5 Å². The number of fused-ring (bicyclic) bond motifs is 2. The fourth-order valence-electron chi connectivity index (χ4n) is 4.31. The molecule has 1 atom stereocenters. The van der Waals surface area contributed by atoms with Crippen LogP contribution in [0.1, 0.15) is 24.5 Å². The number of carbonyl (C=O) groups excluding carboxylic acids is 2. The number of thiazole rings is 1. The largest absolute Gasteiger partial charge is 0.479 e. The summed E-state index contributed by atoms with van der Waals surface area (Å²) >= 11 is 1.48. The van der Waals surface area contributed by atoms with E-state index in [9.17, 15) is 9.59 Å². The number of hydrogen-bond donors (Lipinski definition) is 0. The van der Waals surface area contributed by atoms with Gasteiger partial charge in [0.2, 0.25) is 5.91 Å². The fraction of sp³-hybridized carbons (Fsp3) is 0.222. The van der Waals surface area contributed by atoms with Crippen molar-refractivity contribution in [1.82, 2.24) is 4.98 Å². The van der Waals surface area contributed by atoms with Crippen LogP contribution in [0.4, 0.5) is 16.5 Å². The minimum absolute atomic E-state index is 0.117. The molecule has 4 aromatic rings. The zero-order valence-corrected chi connectivity index (χ0v) is 20.1. The first-order valence-electron chi connectivity index (χ1n) is 11.2. The summed E-state index contributed by atoms with van der Waals surface area (Å²) in [5, 5.41) is 0.623. The van der Waals surface area contributed by atoms with E-state index in [4.69, 9.17) is 9.72 Å². The summed E-state index contributed by atoms with van der Waals surface area (Å²) in [6.07, 6.45) is -0.444. The molecular formula is C27H25N3O3S. The van der Waals surface area contributed by atoms with Crippen LogP contribution in [0, 0.1) is 13.8 Å². The number of amides is 2. The van der Waals surface area contributed by atoms with Crippen LogP contribution in [-0.2, 0) is 9.59 Å². The molecule has 0 saturated carbocycles. The van der Waals surface area contributed by atoms with E-state index in [0.29, 0.717) is 16.6 Å². The van der Waals surface area contributed by atoms with E-state index < -0.39 is 6.10 Å². The molecule has 0 aliphatic carbocycles. The van der Waals surface area contributed by atoms with Gasteiger partial charge in [0.1, 0.15) is 5.75 Å². The van der Waals surface area contributed by atoms with Crippen LogP contribution in [-0.4, -0.2) is 29.4 Å². The van der Waals surface area contributed by atoms with Gasteiger partial charge in [0.05, 0.1) is 21.6 Å². The highest BCUT2D eigenvalue weighted by Gasteiger charge is 2.32. The Morgan fingerprint density at radius 2 is 1.76 bits per heavy atom. The van der Waals surface area contributed by atoms with Gasteiger partial charge in [-0.25, -0.2) is 4.98 Å². The number of aryl methyl sites for hydroxylation is 2. The lowest BCUT2D eigenvalue weighted by Crippen LogP contribution is -2.45. The predicted molar refractivity (Wildman–Crippen MR) is 136 cm³/mol. The molecule has 1 aromatic heterocycles. The first kappa shape index (κ1) is 22.1. The van der Waals surface area contributed by atoms with Gasteiger partial charge in [-0.05, 0) is 68.3 Å². The summed E-state index contributed by atoms with van der Waals surface area (Å²) < 4.78 is 6.75. The Bertz CT molecular complexity index is 1340. The SMILES string of the molecule is Cc1cc(C)cc(N(C(=O)CCN2C(=O)C(C)Oc3ccccc32)c2nc3ccccc3s2)c1. The maximum Gasteiger partial charge on any atom is 0.267 e. The molecule has 34 heavy (non-hydrogen) atoms. The van der Waals surface area contributed by atoms with Crippen molar-refractivity contribution < 1.29 is 14.3 Å². The third kappa shape index (κ3) is 4.15. The van der Waals surface area contributed by atoms with Gasteiger partial charge in [-0.15, -0.1) is 0 Å². The number of aromatic nitrogens is 1. The molecule has 172 valence electrons. The monoisotopic (exact) mass is 471 g/mol. The number of benzene rings is 3. The van der Waals surface area contributed by atoms with Crippen molar-refractivity contribution in [3.8, 4) is 5.75 Å². The number of carbonyl (C=O) groups is 2. The van der Waals surface area contributed by atoms with Gasteiger partial charge < -0.3 is 9.64 Å². The van der Waals surface area contributed by atoms with Gasteiger partial charge in [-0.2, -0.15) is 0 Å². The summed E-state index contributed by atoms with van der Waals surface area (Å²) in [5.74, 6) is 0.386. The van der Waals surface area contributed by atoms with Crippen molar-refractivity contribution in [3.05, 3.63) is 77.9 Å². The second-order valence-corrected chi connectivity index (χ2v) is 9.52. The maximum atomic E-state index is 13.7. The lowest BCUT2D eigenvalue weighted by Gasteiger charge is -2.33. The Morgan fingerprint density at radius 1 is 1.06 bits per heavy atom. The van der Waals surface area contributed by atoms with Crippen LogP contribution < -0.4 is 14.5 Å². The lowest BCUT2D eigenvalue weighted by atomic mass is 10.1. The average Bonchev–Trinajstić information content (AvgIpc) is 3.22. The molecule has 6 nitrogen and oxygen atoms in total. The highest BCUT2D eigenvalue weighted by Crippen LogP contribution is 2.36. The smallest absolute Gasteiger partial charge is 0.267 e. The summed E-state index contributed by atoms with van der Waals surface area (Å²) in [5.41, 5.74) is 4.47. The molecule has 0 fully saturated rings. The molecular weight excluding hydrogens is 446 g/mol. The van der Waals surface area contributed by atoms with Crippen molar-refractivity contribution in [2.75, 3.05) is 16.3 Å². The zero-order chi connectivity index (χ0) is 23.8. The molecule has 2 heterocycles. The lowest BCUT2D eigenvalue weighted by molar-refractivity contribution is -0.125. The first-order valence-corrected chi connectivity index (χ1v) is 12.1. The van der Waals surface area contributed by atoms with Crippen LogP contribution >= 0.6 is 11.3 Å². The molecule has 3 aromatic carbocycles. The van der Waals surface area contributed by atoms with E-state index in [0.717, 1.165) is 27.0 Å². The second kappa shape index (κ2) is 8.91. The van der Waals surface area contributed by atoms with Gasteiger partial charge in [0.15, 0.2) is 11.2 Å². The minimum atomic E-state index is -0.593. The third-order valence-electron chi connectivity index (χ3n) is 5.81. The Balaban J connectivity index is 1.48. The summed E-state index contributed by atoms with van der Waals surface area (Å²) in [6, 6.07) is 21.4. The van der Waals surface area contributed by atoms with Gasteiger partial charge in [0.25, 0.3) is 5.91 Å². The quantitative estimate of drug-likeness (QED) is 0.370. The number of hydrogen-bond acceptors (Lipinski definition) is 5. The Hall–Kier alpha value is -3.71. The zero-order valence-electron chi connectivity index (χ0n) is 19.3. The van der Waals surface area contributed by atoms with Crippen molar-refractivity contribution in [1.29, 1.82) is 0 Å². The van der Waals surface area contributed by atoms with Gasteiger partial charge in [-0.3, -0.25) is 14.5 Å². The topological polar surface area (TPSA) is 62.7 Å². The van der Waals surface area contributed by atoms with Crippen molar-refractivity contribution in [2.24, 2.45) is 0 Å². The number of anilines is 3. The number of para-hydroxylation sites is 3. The maximum absolute atomic E-state index is 13.7. The van der Waals surface area contributed by atoms with Gasteiger partial charge >= 0.3 is 0 Å².